The quantitative estimate of drug-likeness (QED) is 0.752. The number of aliphatic hydroxyl groups is 1. The van der Waals surface area contributed by atoms with Crippen molar-refractivity contribution in [3.8, 4) is 5.75 Å². The lowest BCUT2D eigenvalue weighted by molar-refractivity contribution is 0.198. The molecule has 0 bridgehead atoms. The zero-order valence-corrected chi connectivity index (χ0v) is 11.0. The van der Waals surface area contributed by atoms with Crippen molar-refractivity contribution in [2.45, 2.75) is 44.7 Å². The van der Waals surface area contributed by atoms with Gasteiger partial charge in [0.15, 0.2) is 0 Å². The van der Waals surface area contributed by atoms with Crippen LogP contribution in [0.25, 0.3) is 0 Å². The van der Waals surface area contributed by atoms with E-state index in [4.69, 9.17) is 0 Å². The largest absolute Gasteiger partial charge is 0.508 e. The number of benzene rings is 1. The highest BCUT2D eigenvalue weighted by Gasteiger charge is 2.28. The molecule has 1 aliphatic carbocycles. The third-order valence-corrected chi connectivity index (χ3v) is 4.01. The molecule has 0 spiro atoms. The third kappa shape index (κ3) is 3.03. The normalized spacial score (nSPS) is 25.2. The van der Waals surface area contributed by atoms with Crippen LogP contribution in [0.4, 0.5) is 0 Å². The zero-order valence-electron chi connectivity index (χ0n) is 11.0. The van der Waals surface area contributed by atoms with Crippen molar-refractivity contribution < 1.29 is 10.2 Å². The summed E-state index contributed by atoms with van der Waals surface area (Å²) in [6, 6.07) is 8.14. The van der Waals surface area contributed by atoms with E-state index < -0.39 is 0 Å². The van der Waals surface area contributed by atoms with Gasteiger partial charge >= 0.3 is 0 Å². The Bertz CT molecular complexity index is 363. The van der Waals surface area contributed by atoms with E-state index in [9.17, 15) is 10.2 Å². The number of aromatic hydroxyl groups is 1. The van der Waals surface area contributed by atoms with Crippen LogP contribution in [0.1, 0.15) is 44.2 Å². The topological polar surface area (TPSA) is 52.5 Å². The average Bonchev–Trinajstić information content (AvgIpc) is 2.84. The Morgan fingerprint density at radius 2 is 2.00 bits per heavy atom. The predicted molar refractivity (Wildman–Crippen MR) is 72.5 cm³/mol. The van der Waals surface area contributed by atoms with Crippen molar-refractivity contribution in [1.29, 1.82) is 0 Å². The molecule has 0 aromatic heterocycles. The second-order valence-electron chi connectivity index (χ2n) is 5.20. The minimum atomic E-state index is 0.281. The first-order valence-electron chi connectivity index (χ1n) is 6.90. The Balaban J connectivity index is 2.02. The number of aliphatic hydroxyl groups excluding tert-OH is 1. The first kappa shape index (κ1) is 13.4. The molecular weight excluding hydrogens is 226 g/mol. The van der Waals surface area contributed by atoms with Gasteiger partial charge in [-0.2, -0.15) is 0 Å². The smallest absolute Gasteiger partial charge is 0.115 e. The molecule has 18 heavy (non-hydrogen) atoms. The molecule has 1 aliphatic rings. The van der Waals surface area contributed by atoms with Crippen LogP contribution in [0.15, 0.2) is 24.3 Å². The highest BCUT2D eigenvalue weighted by molar-refractivity contribution is 5.28. The van der Waals surface area contributed by atoms with Crippen LogP contribution in [0.3, 0.4) is 0 Å². The fraction of sp³-hybridized carbons (Fsp3) is 0.600. The lowest BCUT2D eigenvalue weighted by atomic mass is 9.99. The lowest BCUT2D eigenvalue weighted by Gasteiger charge is -2.26. The highest BCUT2D eigenvalue weighted by Crippen LogP contribution is 2.29. The van der Waals surface area contributed by atoms with Crippen molar-refractivity contribution in [2.75, 3.05) is 6.61 Å². The van der Waals surface area contributed by atoms with Gasteiger partial charge in [0.25, 0.3) is 0 Å². The third-order valence-electron chi connectivity index (χ3n) is 4.01. The van der Waals surface area contributed by atoms with Gasteiger partial charge < -0.3 is 15.5 Å². The monoisotopic (exact) mass is 249 g/mol. The average molecular weight is 249 g/mol. The van der Waals surface area contributed by atoms with Crippen LogP contribution >= 0.6 is 0 Å². The Kier molecular flexibility index (Phi) is 4.61. The van der Waals surface area contributed by atoms with Crippen molar-refractivity contribution in [1.82, 2.24) is 5.32 Å². The van der Waals surface area contributed by atoms with E-state index >= 15 is 0 Å². The van der Waals surface area contributed by atoms with Gasteiger partial charge in [0, 0.05) is 18.7 Å². The standard InChI is InChI=1S/C15H23NO2/c1-2-14(11-6-8-13(18)9-7-11)16-15-5-3-4-12(15)10-17/h6-9,12,14-18H,2-5,10H2,1H3. The number of phenols is 1. The van der Waals surface area contributed by atoms with Crippen LogP contribution in [-0.4, -0.2) is 22.9 Å². The van der Waals surface area contributed by atoms with Crippen LogP contribution in [0.5, 0.6) is 5.75 Å². The number of rotatable bonds is 5. The molecule has 3 unspecified atom stereocenters. The summed E-state index contributed by atoms with van der Waals surface area (Å²) in [5.74, 6) is 0.707. The van der Waals surface area contributed by atoms with Crippen molar-refractivity contribution >= 4 is 0 Å². The molecule has 3 atom stereocenters. The maximum Gasteiger partial charge on any atom is 0.115 e. The fourth-order valence-corrected chi connectivity index (χ4v) is 2.89. The first-order chi connectivity index (χ1) is 8.74. The molecule has 2 rings (SSSR count). The molecule has 3 nitrogen and oxygen atoms in total. The fourth-order valence-electron chi connectivity index (χ4n) is 2.89. The zero-order chi connectivity index (χ0) is 13.0. The summed E-state index contributed by atoms with van der Waals surface area (Å²) < 4.78 is 0. The molecule has 0 aliphatic heterocycles. The summed E-state index contributed by atoms with van der Waals surface area (Å²) in [5.41, 5.74) is 1.21. The van der Waals surface area contributed by atoms with Gasteiger partial charge in [-0.15, -0.1) is 0 Å². The minimum absolute atomic E-state index is 0.281. The summed E-state index contributed by atoms with van der Waals surface area (Å²) >= 11 is 0. The van der Waals surface area contributed by atoms with E-state index in [1.807, 2.05) is 12.1 Å². The molecule has 1 fully saturated rings. The SMILES string of the molecule is CCC(NC1CCCC1CO)c1ccc(O)cc1. The molecule has 100 valence electrons. The van der Waals surface area contributed by atoms with Crippen LogP contribution < -0.4 is 5.32 Å². The molecule has 1 aromatic rings. The minimum Gasteiger partial charge on any atom is -0.508 e. The molecule has 1 aromatic carbocycles. The van der Waals surface area contributed by atoms with E-state index in [1.54, 1.807) is 12.1 Å². The molecule has 0 radical (unpaired) electrons. The molecule has 0 heterocycles. The lowest BCUT2D eigenvalue weighted by Crippen LogP contribution is -2.36. The van der Waals surface area contributed by atoms with Crippen molar-refractivity contribution in [2.24, 2.45) is 5.92 Å². The van der Waals surface area contributed by atoms with Crippen LogP contribution in [-0.2, 0) is 0 Å². The van der Waals surface area contributed by atoms with Crippen molar-refractivity contribution in [3.63, 3.8) is 0 Å². The van der Waals surface area contributed by atoms with E-state index in [0.29, 0.717) is 23.8 Å². The van der Waals surface area contributed by atoms with E-state index in [0.717, 1.165) is 19.3 Å². The number of hydrogen-bond acceptors (Lipinski definition) is 3. The maximum absolute atomic E-state index is 9.36. The van der Waals surface area contributed by atoms with Crippen LogP contribution in [0, 0.1) is 5.92 Å². The Morgan fingerprint density at radius 1 is 1.28 bits per heavy atom. The first-order valence-corrected chi connectivity index (χ1v) is 6.90. The van der Waals surface area contributed by atoms with E-state index in [-0.39, 0.29) is 6.61 Å². The van der Waals surface area contributed by atoms with E-state index in [2.05, 4.69) is 12.2 Å². The number of nitrogens with one attached hydrogen (secondary N) is 1. The number of phenolic OH excluding ortho intramolecular Hbond substituents is 1. The molecule has 1 saturated carbocycles. The maximum atomic E-state index is 9.36. The summed E-state index contributed by atoms with van der Waals surface area (Å²) in [4.78, 5) is 0. The molecular formula is C15H23NO2. The second kappa shape index (κ2) is 6.21. The van der Waals surface area contributed by atoms with Gasteiger partial charge in [0.1, 0.15) is 5.75 Å². The molecule has 0 amide bonds. The summed E-state index contributed by atoms with van der Waals surface area (Å²) in [7, 11) is 0. The van der Waals surface area contributed by atoms with Gasteiger partial charge in [-0.05, 0) is 42.9 Å². The molecule has 3 N–H and O–H groups in total. The summed E-state index contributed by atoms with van der Waals surface area (Å²) in [5, 5.41) is 22.3. The predicted octanol–water partition coefficient (Wildman–Crippen LogP) is 2.59. The van der Waals surface area contributed by atoms with Gasteiger partial charge in [0.2, 0.25) is 0 Å². The summed E-state index contributed by atoms with van der Waals surface area (Å²) in [6.45, 7) is 2.44. The Morgan fingerprint density at radius 3 is 2.61 bits per heavy atom. The van der Waals surface area contributed by atoms with Gasteiger partial charge in [0.05, 0.1) is 0 Å². The van der Waals surface area contributed by atoms with Gasteiger partial charge in [-0.1, -0.05) is 25.5 Å². The molecule has 0 saturated heterocycles. The van der Waals surface area contributed by atoms with Gasteiger partial charge in [-0.3, -0.25) is 0 Å². The van der Waals surface area contributed by atoms with Crippen LogP contribution in [0.2, 0.25) is 0 Å². The molecule has 3 heteroatoms. The Hall–Kier alpha value is -1.06. The number of hydrogen-bond donors (Lipinski definition) is 3. The second-order valence-corrected chi connectivity index (χ2v) is 5.20. The highest BCUT2D eigenvalue weighted by atomic mass is 16.3. The Labute approximate surface area is 109 Å². The van der Waals surface area contributed by atoms with E-state index in [1.165, 1.54) is 12.0 Å². The van der Waals surface area contributed by atoms with Gasteiger partial charge in [-0.25, -0.2) is 0 Å². The summed E-state index contributed by atoms with van der Waals surface area (Å²) in [6.07, 6.45) is 4.49. The van der Waals surface area contributed by atoms with Crippen molar-refractivity contribution in [3.05, 3.63) is 29.8 Å².